The maximum absolute atomic E-state index is 12.7. The van der Waals surface area contributed by atoms with Crippen LogP contribution in [0, 0.1) is 5.92 Å². The summed E-state index contributed by atoms with van der Waals surface area (Å²) in [7, 11) is -2.03. The Kier molecular flexibility index (Phi) is 5.84. The highest BCUT2D eigenvalue weighted by Gasteiger charge is 2.34. The van der Waals surface area contributed by atoms with Gasteiger partial charge in [-0.3, -0.25) is 10.1 Å². The standard InChI is InChI=1S/C19H20N4O5S2/c1-27-15-7-2-5-13(11-15)18-21-22-19(28-18)20-17(24)14-6-3-9-23(12-14)30(25,26)16-8-4-10-29-16/h2,4-5,7-8,10-11,14H,3,6,9,12H2,1H3,(H,20,22,24)/t14-/m0/s1. The lowest BCUT2D eigenvalue weighted by Gasteiger charge is -2.30. The largest absolute Gasteiger partial charge is 0.497 e. The lowest BCUT2D eigenvalue weighted by atomic mass is 9.99. The van der Waals surface area contributed by atoms with E-state index >= 15 is 0 Å². The molecule has 1 amide bonds. The van der Waals surface area contributed by atoms with Gasteiger partial charge in [0.1, 0.15) is 9.96 Å². The Labute approximate surface area is 177 Å². The normalized spacial score (nSPS) is 17.6. The van der Waals surface area contributed by atoms with Crippen LogP contribution < -0.4 is 10.1 Å². The summed E-state index contributed by atoms with van der Waals surface area (Å²) in [5.74, 6) is 0.0443. The van der Waals surface area contributed by atoms with E-state index in [1.54, 1.807) is 48.9 Å². The van der Waals surface area contributed by atoms with Crippen LogP contribution >= 0.6 is 11.3 Å². The molecular formula is C19H20N4O5S2. The number of thiophene rings is 1. The topological polar surface area (TPSA) is 115 Å². The van der Waals surface area contributed by atoms with E-state index in [1.807, 2.05) is 0 Å². The lowest BCUT2D eigenvalue weighted by molar-refractivity contribution is -0.121. The number of piperidine rings is 1. The molecule has 3 heterocycles. The third-order valence-corrected chi connectivity index (χ3v) is 8.05. The molecule has 1 aliphatic rings. The summed E-state index contributed by atoms with van der Waals surface area (Å²) in [4.78, 5) is 12.7. The molecule has 158 valence electrons. The van der Waals surface area contributed by atoms with Gasteiger partial charge in [0.25, 0.3) is 10.0 Å². The average Bonchev–Trinajstić information content (AvgIpc) is 3.47. The number of aromatic nitrogens is 2. The summed E-state index contributed by atoms with van der Waals surface area (Å²) in [5.41, 5.74) is 0.660. The first-order valence-corrected chi connectivity index (χ1v) is 11.6. The lowest BCUT2D eigenvalue weighted by Crippen LogP contribution is -2.43. The van der Waals surface area contributed by atoms with Crippen molar-refractivity contribution < 1.29 is 22.4 Å². The van der Waals surface area contributed by atoms with Crippen molar-refractivity contribution in [1.82, 2.24) is 14.5 Å². The van der Waals surface area contributed by atoms with Crippen LogP contribution in [0.25, 0.3) is 11.5 Å². The highest BCUT2D eigenvalue weighted by Crippen LogP contribution is 2.28. The SMILES string of the molecule is COc1cccc(-c2nnc(NC(=O)[C@H]3CCCN(S(=O)(=O)c4cccs4)C3)o2)c1. The van der Waals surface area contributed by atoms with E-state index < -0.39 is 15.9 Å². The van der Waals surface area contributed by atoms with E-state index in [0.29, 0.717) is 30.7 Å². The second-order valence-electron chi connectivity index (χ2n) is 6.77. The molecule has 1 aromatic carbocycles. The van der Waals surface area contributed by atoms with Crippen LogP contribution in [-0.2, 0) is 14.8 Å². The Balaban J connectivity index is 1.43. The molecule has 1 atom stereocenters. The average molecular weight is 449 g/mol. The molecule has 30 heavy (non-hydrogen) atoms. The summed E-state index contributed by atoms with van der Waals surface area (Å²) in [6.07, 6.45) is 1.18. The van der Waals surface area contributed by atoms with Crippen LogP contribution in [-0.4, -0.2) is 49.0 Å². The number of amides is 1. The van der Waals surface area contributed by atoms with Gasteiger partial charge < -0.3 is 9.15 Å². The number of methoxy groups -OCH3 is 1. The number of sulfonamides is 1. The maximum atomic E-state index is 12.7. The number of carbonyl (C=O) groups is 1. The first-order chi connectivity index (χ1) is 14.5. The molecule has 1 N–H and O–H groups in total. The maximum Gasteiger partial charge on any atom is 0.322 e. The van der Waals surface area contributed by atoms with Crippen LogP contribution in [0.5, 0.6) is 5.75 Å². The van der Waals surface area contributed by atoms with Crippen LogP contribution in [0.4, 0.5) is 6.01 Å². The van der Waals surface area contributed by atoms with Crippen molar-refractivity contribution in [2.75, 3.05) is 25.5 Å². The van der Waals surface area contributed by atoms with Gasteiger partial charge in [0.05, 0.1) is 13.0 Å². The third-order valence-electron chi connectivity index (χ3n) is 4.82. The highest BCUT2D eigenvalue weighted by atomic mass is 32.2. The zero-order valence-electron chi connectivity index (χ0n) is 16.1. The fourth-order valence-corrected chi connectivity index (χ4v) is 5.93. The minimum absolute atomic E-state index is 0.0314. The summed E-state index contributed by atoms with van der Waals surface area (Å²) < 4.78 is 37.8. The molecule has 0 bridgehead atoms. The smallest absolute Gasteiger partial charge is 0.322 e. The van der Waals surface area contributed by atoms with Gasteiger partial charge in [0, 0.05) is 18.7 Å². The molecule has 0 saturated carbocycles. The Bertz CT molecular complexity index is 1130. The number of ether oxygens (including phenoxy) is 1. The number of nitrogens with one attached hydrogen (secondary N) is 1. The van der Waals surface area contributed by atoms with Crippen LogP contribution in [0.1, 0.15) is 12.8 Å². The fourth-order valence-electron chi connectivity index (χ4n) is 3.27. The third kappa shape index (κ3) is 4.23. The van der Waals surface area contributed by atoms with Gasteiger partial charge in [0.15, 0.2) is 0 Å². The summed E-state index contributed by atoms with van der Waals surface area (Å²) in [6.45, 7) is 0.507. The summed E-state index contributed by atoms with van der Waals surface area (Å²) in [6, 6.07) is 10.4. The predicted octanol–water partition coefficient (Wildman–Crippen LogP) is 2.85. The number of nitrogens with zero attached hydrogens (tertiary/aromatic N) is 3. The second-order valence-corrected chi connectivity index (χ2v) is 9.88. The van der Waals surface area contributed by atoms with Gasteiger partial charge in [-0.15, -0.1) is 16.4 Å². The van der Waals surface area contributed by atoms with Gasteiger partial charge in [-0.2, -0.15) is 4.31 Å². The van der Waals surface area contributed by atoms with Crippen LogP contribution in [0.2, 0.25) is 0 Å². The van der Waals surface area contributed by atoms with Crippen molar-refractivity contribution in [2.24, 2.45) is 5.92 Å². The number of benzene rings is 1. The van der Waals surface area contributed by atoms with E-state index in [2.05, 4.69) is 15.5 Å². The van der Waals surface area contributed by atoms with Crippen molar-refractivity contribution in [3.63, 3.8) is 0 Å². The minimum Gasteiger partial charge on any atom is -0.497 e. The molecule has 9 nitrogen and oxygen atoms in total. The quantitative estimate of drug-likeness (QED) is 0.617. The predicted molar refractivity (Wildman–Crippen MR) is 111 cm³/mol. The first kappa shape index (κ1) is 20.5. The minimum atomic E-state index is -3.59. The van der Waals surface area contributed by atoms with E-state index in [1.165, 1.54) is 15.6 Å². The van der Waals surface area contributed by atoms with Crippen molar-refractivity contribution >= 4 is 33.3 Å². The van der Waals surface area contributed by atoms with E-state index in [4.69, 9.17) is 9.15 Å². The Hall–Kier alpha value is -2.76. The van der Waals surface area contributed by atoms with Gasteiger partial charge >= 0.3 is 6.01 Å². The molecule has 1 fully saturated rings. The molecule has 3 aromatic rings. The first-order valence-electron chi connectivity index (χ1n) is 9.30. The Morgan fingerprint density at radius 1 is 1.30 bits per heavy atom. The Morgan fingerprint density at radius 2 is 2.17 bits per heavy atom. The van der Waals surface area contributed by atoms with Crippen LogP contribution in [0.3, 0.4) is 0 Å². The molecule has 1 aliphatic heterocycles. The Morgan fingerprint density at radius 3 is 2.93 bits per heavy atom. The summed E-state index contributed by atoms with van der Waals surface area (Å²) >= 11 is 1.17. The number of carbonyl (C=O) groups excluding carboxylic acids is 1. The fraction of sp³-hybridized carbons (Fsp3) is 0.316. The van der Waals surface area contributed by atoms with E-state index in [9.17, 15) is 13.2 Å². The van der Waals surface area contributed by atoms with Gasteiger partial charge in [-0.05, 0) is 42.5 Å². The van der Waals surface area contributed by atoms with Crippen molar-refractivity contribution in [2.45, 2.75) is 17.1 Å². The molecule has 2 aromatic heterocycles. The molecule has 0 radical (unpaired) electrons. The molecule has 0 spiro atoms. The molecule has 1 saturated heterocycles. The molecule has 0 unspecified atom stereocenters. The number of anilines is 1. The van der Waals surface area contributed by atoms with Crippen molar-refractivity contribution in [1.29, 1.82) is 0 Å². The molecule has 0 aliphatic carbocycles. The summed E-state index contributed by atoms with van der Waals surface area (Å²) in [5, 5.41) is 12.2. The van der Waals surface area contributed by atoms with Crippen LogP contribution in [0.15, 0.2) is 50.4 Å². The van der Waals surface area contributed by atoms with Gasteiger partial charge in [-0.1, -0.05) is 17.2 Å². The van der Waals surface area contributed by atoms with E-state index in [-0.39, 0.29) is 28.6 Å². The van der Waals surface area contributed by atoms with Crippen molar-refractivity contribution in [3.05, 3.63) is 41.8 Å². The molecular weight excluding hydrogens is 428 g/mol. The van der Waals surface area contributed by atoms with Crippen molar-refractivity contribution in [3.8, 4) is 17.2 Å². The van der Waals surface area contributed by atoms with Gasteiger partial charge in [0.2, 0.25) is 11.8 Å². The zero-order chi connectivity index (χ0) is 21.1. The molecule has 11 heteroatoms. The number of hydrogen-bond acceptors (Lipinski definition) is 8. The number of rotatable bonds is 6. The molecule has 4 rings (SSSR count). The second kappa shape index (κ2) is 8.54. The van der Waals surface area contributed by atoms with Gasteiger partial charge in [-0.25, -0.2) is 8.42 Å². The number of hydrogen-bond donors (Lipinski definition) is 1. The zero-order valence-corrected chi connectivity index (χ0v) is 17.8. The van der Waals surface area contributed by atoms with E-state index in [0.717, 1.165) is 0 Å². The highest BCUT2D eigenvalue weighted by molar-refractivity contribution is 7.91. The monoisotopic (exact) mass is 448 g/mol.